The second kappa shape index (κ2) is 9.15. The van der Waals surface area contributed by atoms with Crippen molar-refractivity contribution in [3.05, 3.63) is 74.9 Å². The van der Waals surface area contributed by atoms with Gasteiger partial charge in [0.2, 0.25) is 29.1 Å². The van der Waals surface area contributed by atoms with Gasteiger partial charge in [-0.3, -0.25) is 4.79 Å². The number of hydrogen-bond donors (Lipinski definition) is 1. The third-order valence-corrected chi connectivity index (χ3v) is 4.42. The first-order valence-corrected chi connectivity index (χ1v) is 9.19. The standard InChI is InChI=1S/C21H16F5NO4/c1-2-3-10-4-5-13-12(6-10)11(7-15(29)31-13)8-27-14(28)9-30-21-19(25)17(23)16(22)18(24)20(21)26/h4-7H,2-3,8-9H2,1H3,(H,27,28). The van der Waals surface area contributed by atoms with Gasteiger partial charge < -0.3 is 14.5 Å². The molecule has 0 unspecified atom stereocenters. The molecule has 10 heteroatoms. The zero-order valence-electron chi connectivity index (χ0n) is 16.2. The van der Waals surface area contributed by atoms with Gasteiger partial charge in [-0.25, -0.2) is 18.0 Å². The summed E-state index contributed by atoms with van der Waals surface area (Å²) in [6.07, 6.45) is 1.68. The first-order valence-electron chi connectivity index (χ1n) is 9.19. The molecule has 164 valence electrons. The van der Waals surface area contributed by atoms with Crippen LogP contribution in [-0.2, 0) is 17.8 Å². The smallest absolute Gasteiger partial charge is 0.336 e. The maximum absolute atomic E-state index is 13.6. The zero-order valence-corrected chi connectivity index (χ0v) is 16.2. The lowest BCUT2D eigenvalue weighted by atomic mass is 10.0. The molecule has 0 saturated heterocycles. The van der Waals surface area contributed by atoms with Crippen LogP contribution < -0.4 is 15.7 Å². The van der Waals surface area contributed by atoms with Gasteiger partial charge in [-0.1, -0.05) is 19.4 Å². The molecule has 0 aliphatic heterocycles. The van der Waals surface area contributed by atoms with E-state index in [1.54, 1.807) is 6.07 Å². The first kappa shape index (κ1) is 22.3. The van der Waals surface area contributed by atoms with E-state index in [1.165, 1.54) is 6.07 Å². The van der Waals surface area contributed by atoms with Gasteiger partial charge in [0.15, 0.2) is 12.4 Å². The molecule has 1 aromatic heterocycles. The summed E-state index contributed by atoms with van der Waals surface area (Å²) in [5.74, 6) is -13.5. The van der Waals surface area contributed by atoms with Gasteiger partial charge in [0.05, 0.1) is 0 Å². The van der Waals surface area contributed by atoms with E-state index in [0.29, 0.717) is 16.5 Å². The lowest BCUT2D eigenvalue weighted by Gasteiger charge is -2.11. The SMILES string of the molecule is CCCc1ccc2oc(=O)cc(CNC(=O)COc3c(F)c(F)c(F)c(F)c3F)c2c1. The molecule has 0 aliphatic rings. The molecular weight excluding hydrogens is 425 g/mol. The number of ether oxygens (including phenoxy) is 1. The van der Waals surface area contributed by atoms with E-state index in [2.05, 4.69) is 10.1 Å². The third-order valence-electron chi connectivity index (χ3n) is 4.42. The minimum atomic E-state index is -2.33. The second-order valence-electron chi connectivity index (χ2n) is 6.64. The highest BCUT2D eigenvalue weighted by atomic mass is 19.2. The Morgan fingerprint density at radius 1 is 1.00 bits per heavy atom. The van der Waals surface area contributed by atoms with Crippen molar-refractivity contribution in [1.29, 1.82) is 0 Å². The summed E-state index contributed by atoms with van der Waals surface area (Å²) in [7, 11) is 0. The summed E-state index contributed by atoms with van der Waals surface area (Å²) in [5.41, 5.74) is 1.09. The number of halogens is 5. The number of carbonyl (C=O) groups excluding carboxylic acids is 1. The molecule has 0 spiro atoms. The Morgan fingerprint density at radius 3 is 2.29 bits per heavy atom. The molecule has 0 radical (unpaired) electrons. The Morgan fingerprint density at radius 2 is 1.65 bits per heavy atom. The maximum Gasteiger partial charge on any atom is 0.336 e. The van der Waals surface area contributed by atoms with E-state index in [0.717, 1.165) is 18.4 Å². The van der Waals surface area contributed by atoms with Crippen LogP contribution in [0.1, 0.15) is 24.5 Å². The van der Waals surface area contributed by atoms with E-state index in [-0.39, 0.29) is 6.54 Å². The summed E-state index contributed by atoms with van der Waals surface area (Å²) in [5, 5.41) is 2.96. The molecule has 0 fully saturated rings. The van der Waals surface area contributed by atoms with E-state index < -0.39 is 53.0 Å². The minimum Gasteiger partial charge on any atom is -0.477 e. The first-order chi connectivity index (χ1) is 14.7. The maximum atomic E-state index is 13.6. The van der Waals surface area contributed by atoms with Crippen LogP contribution in [0.25, 0.3) is 11.0 Å². The normalized spacial score (nSPS) is 11.0. The van der Waals surface area contributed by atoms with Gasteiger partial charge >= 0.3 is 5.63 Å². The molecule has 1 N–H and O–H groups in total. The molecule has 1 amide bonds. The Labute approximate surface area is 172 Å². The molecule has 5 nitrogen and oxygen atoms in total. The summed E-state index contributed by atoms with van der Waals surface area (Å²) in [6, 6.07) is 6.45. The molecule has 31 heavy (non-hydrogen) atoms. The van der Waals surface area contributed by atoms with E-state index >= 15 is 0 Å². The van der Waals surface area contributed by atoms with Crippen LogP contribution in [0, 0.1) is 29.1 Å². The van der Waals surface area contributed by atoms with Crippen molar-refractivity contribution in [2.75, 3.05) is 6.61 Å². The summed E-state index contributed by atoms with van der Waals surface area (Å²) in [4.78, 5) is 23.7. The highest BCUT2D eigenvalue weighted by Crippen LogP contribution is 2.29. The van der Waals surface area contributed by atoms with Crippen LogP contribution in [0.5, 0.6) is 5.75 Å². The molecular formula is C21H16F5NO4. The fraction of sp³-hybridized carbons (Fsp3) is 0.238. The van der Waals surface area contributed by atoms with Crippen LogP contribution in [0.15, 0.2) is 33.5 Å². The Balaban J connectivity index is 1.74. The lowest BCUT2D eigenvalue weighted by molar-refractivity contribution is -0.123. The van der Waals surface area contributed by atoms with Crippen molar-refractivity contribution in [2.24, 2.45) is 0 Å². The predicted molar refractivity (Wildman–Crippen MR) is 100 cm³/mol. The number of hydrogen-bond acceptors (Lipinski definition) is 4. The fourth-order valence-corrected chi connectivity index (χ4v) is 2.96. The lowest BCUT2D eigenvalue weighted by Crippen LogP contribution is -2.29. The number of fused-ring (bicyclic) bond motifs is 1. The van der Waals surface area contributed by atoms with Gasteiger partial charge in [0.25, 0.3) is 5.91 Å². The van der Waals surface area contributed by atoms with Gasteiger partial charge in [0, 0.05) is 18.0 Å². The molecule has 3 aromatic rings. The molecule has 0 saturated carbocycles. The Kier molecular flexibility index (Phi) is 6.57. The van der Waals surface area contributed by atoms with E-state index in [1.807, 2.05) is 19.1 Å². The van der Waals surface area contributed by atoms with Crippen molar-refractivity contribution in [3.8, 4) is 5.75 Å². The quantitative estimate of drug-likeness (QED) is 0.259. The van der Waals surface area contributed by atoms with Crippen LogP contribution in [0.4, 0.5) is 22.0 Å². The monoisotopic (exact) mass is 441 g/mol. The minimum absolute atomic E-state index is 0.156. The summed E-state index contributed by atoms with van der Waals surface area (Å²) >= 11 is 0. The molecule has 0 bridgehead atoms. The number of amides is 1. The van der Waals surface area contributed by atoms with E-state index in [9.17, 15) is 31.5 Å². The van der Waals surface area contributed by atoms with Gasteiger partial charge in [-0.15, -0.1) is 0 Å². The fourth-order valence-electron chi connectivity index (χ4n) is 2.96. The highest BCUT2D eigenvalue weighted by Gasteiger charge is 2.27. The van der Waals surface area contributed by atoms with Crippen LogP contribution in [-0.4, -0.2) is 12.5 Å². The predicted octanol–water partition coefficient (Wildman–Crippen LogP) is 4.14. The average molecular weight is 441 g/mol. The topological polar surface area (TPSA) is 68.5 Å². The number of benzene rings is 2. The molecule has 0 aliphatic carbocycles. The third kappa shape index (κ3) is 4.68. The number of nitrogens with one attached hydrogen (secondary N) is 1. The molecule has 1 heterocycles. The molecule has 2 aromatic carbocycles. The summed E-state index contributed by atoms with van der Waals surface area (Å²) in [6.45, 7) is 0.830. The number of rotatable bonds is 7. The van der Waals surface area contributed by atoms with Gasteiger partial charge in [0.1, 0.15) is 5.58 Å². The van der Waals surface area contributed by atoms with Gasteiger partial charge in [-0.05, 0) is 29.7 Å². The zero-order chi connectivity index (χ0) is 22.7. The largest absolute Gasteiger partial charge is 0.477 e. The average Bonchev–Trinajstić information content (AvgIpc) is 2.75. The second-order valence-corrected chi connectivity index (χ2v) is 6.64. The van der Waals surface area contributed by atoms with Crippen molar-refractivity contribution in [2.45, 2.75) is 26.3 Å². The van der Waals surface area contributed by atoms with Crippen LogP contribution >= 0.6 is 0 Å². The summed E-state index contributed by atoms with van der Waals surface area (Å²) < 4.78 is 76.3. The van der Waals surface area contributed by atoms with Gasteiger partial charge in [-0.2, -0.15) is 8.78 Å². The van der Waals surface area contributed by atoms with Crippen LogP contribution in [0.2, 0.25) is 0 Å². The Bertz CT molecular complexity index is 1180. The van der Waals surface area contributed by atoms with Crippen molar-refractivity contribution in [1.82, 2.24) is 5.32 Å². The Hall–Kier alpha value is -3.43. The van der Waals surface area contributed by atoms with E-state index in [4.69, 9.17) is 4.42 Å². The van der Waals surface area contributed by atoms with Crippen molar-refractivity contribution in [3.63, 3.8) is 0 Å². The van der Waals surface area contributed by atoms with Crippen molar-refractivity contribution < 1.29 is 35.9 Å². The highest BCUT2D eigenvalue weighted by molar-refractivity contribution is 5.82. The number of carbonyl (C=O) groups is 1. The molecule has 0 atom stereocenters. The van der Waals surface area contributed by atoms with Crippen molar-refractivity contribution >= 4 is 16.9 Å². The van der Waals surface area contributed by atoms with Crippen LogP contribution in [0.3, 0.4) is 0 Å². The number of aryl methyl sites for hydroxylation is 1. The molecule has 3 rings (SSSR count).